The van der Waals surface area contributed by atoms with Crippen molar-refractivity contribution in [1.29, 1.82) is 0 Å². The van der Waals surface area contributed by atoms with Crippen LogP contribution in [0.15, 0.2) is 24.3 Å². The molecular weight excluding hydrogens is 388 g/mol. The van der Waals surface area contributed by atoms with E-state index in [1.54, 1.807) is 0 Å². The standard InChI is InChI=1S/C17H22N4O8/c18-7-13(23)20-12(6-14(24)25)17(29)21-11(16(28)19-8-15(26)27)5-9-1-3-10(22)4-2-9/h1-4,11-12,22H,5-8,18H2,(H,19,28)(H,20,23)(H,21,29)(H,24,25)(H,26,27). The molecule has 0 aromatic heterocycles. The van der Waals surface area contributed by atoms with Gasteiger partial charge in [-0.15, -0.1) is 0 Å². The van der Waals surface area contributed by atoms with Crippen molar-refractivity contribution in [1.82, 2.24) is 16.0 Å². The lowest BCUT2D eigenvalue weighted by molar-refractivity contribution is -0.141. The number of rotatable bonds is 11. The maximum absolute atomic E-state index is 12.5. The number of hydrogen-bond donors (Lipinski definition) is 7. The largest absolute Gasteiger partial charge is 0.508 e. The third kappa shape index (κ3) is 8.71. The predicted octanol–water partition coefficient (Wildman–Crippen LogP) is -2.46. The molecule has 2 atom stereocenters. The first-order valence-corrected chi connectivity index (χ1v) is 8.41. The van der Waals surface area contributed by atoms with Crippen LogP contribution >= 0.6 is 0 Å². The fraction of sp³-hybridized carbons (Fsp3) is 0.353. The van der Waals surface area contributed by atoms with E-state index in [1.807, 2.05) is 0 Å². The number of carbonyl (C=O) groups is 5. The maximum atomic E-state index is 12.5. The molecule has 12 heteroatoms. The number of nitrogens with one attached hydrogen (secondary N) is 3. The van der Waals surface area contributed by atoms with Crippen LogP contribution in [0.5, 0.6) is 5.75 Å². The predicted molar refractivity (Wildman–Crippen MR) is 97.6 cm³/mol. The summed E-state index contributed by atoms with van der Waals surface area (Å²) in [6.07, 6.45) is -0.831. The number of aliphatic carboxylic acids is 2. The van der Waals surface area contributed by atoms with Gasteiger partial charge in [-0.1, -0.05) is 12.1 Å². The number of aromatic hydroxyl groups is 1. The van der Waals surface area contributed by atoms with Gasteiger partial charge >= 0.3 is 11.9 Å². The lowest BCUT2D eigenvalue weighted by Crippen LogP contribution is -2.55. The van der Waals surface area contributed by atoms with E-state index < -0.39 is 61.3 Å². The average Bonchev–Trinajstić information content (AvgIpc) is 2.66. The Kier molecular flexibility index (Phi) is 9.05. The highest BCUT2D eigenvalue weighted by molar-refractivity contribution is 5.94. The minimum Gasteiger partial charge on any atom is -0.508 e. The molecule has 3 amide bonds. The number of amides is 3. The van der Waals surface area contributed by atoms with Gasteiger partial charge in [0.1, 0.15) is 24.4 Å². The molecule has 0 saturated carbocycles. The third-order valence-electron chi connectivity index (χ3n) is 3.64. The van der Waals surface area contributed by atoms with Crippen LogP contribution in [0, 0.1) is 0 Å². The van der Waals surface area contributed by atoms with Gasteiger partial charge in [-0.25, -0.2) is 0 Å². The Hall–Kier alpha value is -3.67. The van der Waals surface area contributed by atoms with E-state index in [1.165, 1.54) is 24.3 Å². The van der Waals surface area contributed by atoms with E-state index in [4.69, 9.17) is 15.9 Å². The topological polar surface area (TPSA) is 208 Å². The summed E-state index contributed by atoms with van der Waals surface area (Å²) in [5.41, 5.74) is 5.68. The zero-order chi connectivity index (χ0) is 22.0. The highest BCUT2D eigenvalue weighted by Crippen LogP contribution is 2.11. The van der Waals surface area contributed by atoms with E-state index >= 15 is 0 Å². The molecule has 1 aromatic carbocycles. The van der Waals surface area contributed by atoms with E-state index in [2.05, 4.69) is 16.0 Å². The van der Waals surface area contributed by atoms with Crippen LogP contribution in [0.1, 0.15) is 12.0 Å². The molecule has 8 N–H and O–H groups in total. The number of benzene rings is 1. The number of hydrogen-bond acceptors (Lipinski definition) is 7. The lowest BCUT2D eigenvalue weighted by Gasteiger charge is -2.22. The molecule has 158 valence electrons. The summed E-state index contributed by atoms with van der Waals surface area (Å²) in [5.74, 6) is -5.23. The third-order valence-corrected chi connectivity index (χ3v) is 3.64. The Morgan fingerprint density at radius 1 is 0.897 bits per heavy atom. The molecule has 0 aliphatic carbocycles. The molecule has 1 rings (SSSR count). The zero-order valence-electron chi connectivity index (χ0n) is 15.3. The van der Waals surface area contributed by atoms with Crippen molar-refractivity contribution in [3.63, 3.8) is 0 Å². The Balaban J connectivity index is 2.98. The fourth-order valence-electron chi connectivity index (χ4n) is 2.27. The Labute approximate surface area is 165 Å². The van der Waals surface area contributed by atoms with Gasteiger partial charge in [0, 0.05) is 6.42 Å². The number of carbonyl (C=O) groups excluding carboxylic acids is 3. The average molecular weight is 410 g/mol. The Morgan fingerprint density at radius 3 is 2.03 bits per heavy atom. The number of phenols is 1. The number of carboxylic acids is 2. The van der Waals surface area contributed by atoms with E-state index in [0.29, 0.717) is 5.56 Å². The molecule has 0 fully saturated rings. The quantitative estimate of drug-likeness (QED) is 0.206. The Morgan fingerprint density at radius 2 is 1.52 bits per heavy atom. The summed E-state index contributed by atoms with van der Waals surface area (Å²) in [7, 11) is 0. The summed E-state index contributed by atoms with van der Waals surface area (Å²) >= 11 is 0. The van der Waals surface area contributed by atoms with Gasteiger partial charge in [-0.2, -0.15) is 0 Å². The van der Waals surface area contributed by atoms with Crippen LogP contribution in [0.3, 0.4) is 0 Å². The molecule has 0 saturated heterocycles. The van der Waals surface area contributed by atoms with E-state index in [9.17, 15) is 29.1 Å². The highest BCUT2D eigenvalue weighted by atomic mass is 16.4. The maximum Gasteiger partial charge on any atom is 0.322 e. The number of carboxylic acid groups (broad SMARTS) is 2. The van der Waals surface area contributed by atoms with Crippen molar-refractivity contribution in [2.45, 2.75) is 24.9 Å². The molecule has 0 aliphatic heterocycles. The van der Waals surface area contributed by atoms with Crippen LogP contribution in [0.4, 0.5) is 0 Å². The first-order chi connectivity index (χ1) is 13.6. The van der Waals surface area contributed by atoms with Gasteiger partial charge < -0.3 is 37.0 Å². The summed E-state index contributed by atoms with van der Waals surface area (Å²) in [4.78, 5) is 57.9. The summed E-state index contributed by atoms with van der Waals surface area (Å²) < 4.78 is 0. The van der Waals surface area contributed by atoms with Crippen molar-refractivity contribution in [3.05, 3.63) is 29.8 Å². The van der Waals surface area contributed by atoms with Crippen molar-refractivity contribution >= 4 is 29.7 Å². The molecule has 29 heavy (non-hydrogen) atoms. The van der Waals surface area contributed by atoms with Crippen LogP contribution in [-0.4, -0.2) is 70.2 Å². The van der Waals surface area contributed by atoms with Crippen LogP contribution < -0.4 is 21.7 Å². The molecule has 0 spiro atoms. The summed E-state index contributed by atoms with van der Waals surface area (Å²) in [6.45, 7) is -1.16. The van der Waals surface area contributed by atoms with Crippen LogP contribution in [-0.2, 0) is 30.4 Å². The molecular formula is C17H22N4O8. The molecule has 1 aromatic rings. The first-order valence-electron chi connectivity index (χ1n) is 8.41. The van der Waals surface area contributed by atoms with E-state index in [0.717, 1.165) is 0 Å². The molecule has 0 aliphatic rings. The highest BCUT2D eigenvalue weighted by Gasteiger charge is 2.28. The van der Waals surface area contributed by atoms with Crippen LogP contribution in [0.25, 0.3) is 0 Å². The second-order valence-corrected chi connectivity index (χ2v) is 5.97. The molecule has 12 nitrogen and oxygen atoms in total. The van der Waals surface area contributed by atoms with Gasteiger partial charge in [-0.3, -0.25) is 24.0 Å². The number of nitrogens with two attached hydrogens (primary N) is 1. The van der Waals surface area contributed by atoms with Crippen LogP contribution in [0.2, 0.25) is 0 Å². The molecule has 0 radical (unpaired) electrons. The van der Waals surface area contributed by atoms with Gasteiger partial charge in [0.25, 0.3) is 0 Å². The Bertz CT molecular complexity index is 765. The van der Waals surface area contributed by atoms with Crippen molar-refractivity contribution < 1.29 is 39.3 Å². The number of phenolic OH excluding ortho intramolecular Hbond substituents is 1. The van der Waals surface area contributed by atoms with E-state index in [-0.39, 0.29) is 12.2 Å². The summed E-state index contributed by atoms with van der Waals surface area (Å²) in [5, 5.41) is 33.6. The van der Waals surface area contributed by atoms with Crippen molar-refractivity contribution in [2.24, 2.45) is 5.73 Å². The van der Waals surface area contributed by atoms with Gasteiger partial charge in [0.15, 0.2) is 0 Å². The van der Waals surface area contributed by atoms with Gasteiger partial charge in [0.2, 0.25) is 17.7 Å². The van der Waals surface area contributed by atoms with Gasteiger partial charge in [0.05, 0.1) is 13.0 Å². The molecule has 0 heterocycles. The normalized spacial score (nSPS) is 12.3. The second-order valence-electron chi connectivity index (χ2n) is 5.97. The fourth-order valence-corrected chi connectivity index (χ4v) is 2.27. The first kappa shape index (κ1) is 23.4. The lowest BCUT2D eigenvalue weighted by atomic mass is 10.0. The zero-order valence-corrected chi connectivity index (χ0v) is 15.3. The molecule has 0 bridgehead atoms. The molecule has 2 unspecified atom stereocenters. The van der Waals surface area contributed by atoms with Gasteiger partial charge in [-0.05, 0) is 17.7 Å². The van der Waals surface area contributed by atoms with Crippen molar-refractivity contribution in [2.75, 3.05) is 13.1 Å². The minimum absolute atomic E-state index is 0.0179. The second kappa shape index (κ2) is 11.2. The monoisotopic (exact) mass is 410 g/mol. The smallest absolute Gasteiger partial charge is 0.322 e. The SMILES string of the molecule is NCC(=O)NC(CC(=O)O)C(=O)NC(Cc1ccc(O)cc1)C(=O)NCC(=O)O. The van der Waals surface area contributed by atoms with Crippen molar-refractivity contribution in [3.8, 4) is 5.75 Å². The minimum atomic E-state index is -1.49. The summed E-state index contributed by atoms with van der Waals surface area (Å²) in [6, 6.07) is 2.94.